The van der Waals surface area contributed by atoms with Crippen molar-refractivity contribution in [2.75, 3.05) is 13.1 Å². The van der Waals surface area contributed by atoms with Gasteiger partial charge < -0.3 is 14.7 Å². The summed E-state index contributed by atoms with van der Waals surface area (Å²) in [6.07, 6.45) is 1.18. The number of carbonyl (C=O) groups is 2. The summed E-state index contributed by atoms with van der Waals surface area (Å²) in [7, 11) is 0. The van der Waals surface area contributed by atoms with Crippen LogP contribution >= 0.6 is 0 Å². The van der Waals surface area contributed by atoms with Gasteiger partial charge in [-0.05, 0) is 17.5 Å². The van der Waals surface area contributed by atoms with E-state index in [1.54, 1.807) is 4.90 Å². The highest BCUT2D eigenvalue weighted by molar-refractivity contribution is 5.79. The van der Waals surface area contributed by atoms with E-state index in [4.69, 9.17) is 4.52 Å². The van der Waals surface area contributed by atoms with Gasteiger partial charge in [-0.1, -0.05) is 65.8 Å². The molecule has 1 N–H and O–H groups in total. The molecule has 1 fully saturated rings. The highest BCUT2D eigenvalue weighted by atomic mass is 16.5. The van der Waals surface area contributed by atoms with Crippen LogP contribution in [0.5, 0.6) is 0 Å². The first kappa shape index (κ1) is 19.8. The Balaban J connectivity index is 1.26. The molecule has 30 heavy (non-hydrogen) atoms. The average molecular weight is 404 g/mol. The fourth-order valence-corrected chi connectivity index (χ4v) is 3.60. The molecule has 1 aliphatic heterocycles. The standard InChI is InChI=1S/C23H24N4O3/c28-21(24-12-11-17-7-3-1-4-8-17)14-20-25-23(30-26-20)19-13-22(29)27(16-19)15-18-9-5-2-6-10-18/h1-10,19H,11-16H2,(H,24,28). The Morgan fingerprint density at radius 1 is 1.07 bits per heavy atom. The maximum absolute atomic E-state index is 12.4. The largest absolute Gasteiger partial charge is 0.355 e. The second-order valence-corrected chi connectivity index (χ2v) is 7.47. The number of hydrogen-bond acceptors (Lipinski definition) is 5. The smallest absolute Gasteiger partial charge is 0.232 e. The molecule has 1 aliphatic rings. The van der Waals surface area contributed by atoms with Crippen molar-refractivity contribution in [3.05, 3.63) is 83.5 Å². The molecule has 3 aromatic rings. The van der Waals surface area contributed by atoms with E-state index in [0.717, 1.165) is 12.0 Å². The summed E-state index contributed by atoms with van der Waals surface area (Å²) >= 11 is 0. The van der Waals surface area contributed by atoms with Gasteiger partial charge in [-0.15, -0.1) is 0 Å². The Labute approximate surface area is 175 Å². The van der Waals surface area contributed by atoms with E-state index >= 15 is 0 Å². The van der Waals surface area contributed by atoms with Crippen molar-refractivity contribution in [1.82, 2.24) is 20.4 Å². The van der Waals surface area contributed by atoms with Gasteiger partial charge in [-0.25, -0.2) is 0 Å². The van der Waals surface area contributed by atoms with E-state index in [9.17, 15) is 9.59 Å². The van der Waals surface area contributed by atoms with Crippen LogP contribution in [-0.2, 0) is 29.0 Å². The first-order valence-corrected chi connectivity index (χ1v) is 10.1. The van der Waals surface area contributed by atoms with Crippen LogP contribution in [-0.4, -0.2) is 39.9 Å². The summed E-state index contributed by atoms with van der Waals surface area (Å²) in [5, 5.41) is 6.80. The van der Waals surface area contributed by atoms with Crippen molar-refractivity contribution in [2.45, 2.75) is 31.7 Å². The van der Waals surface area contributed by atoms with Crippen LogP contribution < -0.4 is 5.32 Å². The minimum Gasteiger partial charge on any atom is -0.355 e. The Morgan fingerprint density at radius 2 is 1.77 bits per heavy atom. The predicted molar refractivity (Wildman–Crippen MR) is 110 cm³/mol. The normalized spacial score (nSPS) is 16.1. The summed E-state index contributed by atoms with van der Waals surface area (Å²) in [5.41, 5.74) is 2.26. The van der Waals surface area contributed by atoms with Crippen LogP contribution in [0.4, 0.5) is 0 Å². The molecule has 154 valence electrons. The third kappa shape index (κ3) is 5.11. The molecule has 7 heteroatoms. The quantitative estimate of drug-likeness (QED) is 0.623. The van der Waals surface area contributed by atoms with Gasteiger partial charge in [-0.2, -0.15) is 4.98 Å². The number of rotatable bonds is 8. The minimum atomic E-state index is -0.147. The lowest BCUT2D eigenvalue weighted by Gasteiger charge is -2.15. The lowest BCUT2D eigenvalue weighted by atomic mass is 10.1. The summed E-state index contributed by atoms with van der Waals surface area (Å²) in [6.45, 7) is 1.67. The van der Waals surface area contributed by atoms with Crippen molar-refractivity contribution in [2.24, 2.45) is 0 Å². The molecular weight excluding hydrogens is 380 g/mol. The van der Waals surface area contributed by atoms with Crippen molar-refractivity contribution in [3.63, 3.8) is 0 Å². The predicted octanol–water partition coefficient (Wildman–Crippen LogP) is 2.49. The maximum Gasteiger partial charge on any atom is 0.232 e. The number of carbonyl (C=O) groups excluding carboxylic acids is 2. The summed E-state index contributed by atoms with van der Waals surface area (Å²) < 4.78 is 5.35. The number of benzene rings is 2. The maximum atomic E-state index is 12.4. The molecular formula is C23H24N4O3. The molecule has 1 aromatic heterocycles. The number of likely N-dealkylation sites (tertiary alicyclic amines) is 1. The summed E-state index contributed by atoms with van der Waals surface area (Å²) in [5.74, 6) is 0.555. The van der Waals surface area contributed by atoms with Gasteiger partial charge in [-0.3, -0.25) is 9.59 Å². The first-order valence-electron chi connectivity index (χ1n) is 10.1. The van der Waals surface area contributed by atoms with Crippen LogP contribution in [0.15, 0.2) is 65.2 Å². The number of aromatic nitrogens is 2. The molecule has 0 aliphatic carbocycles. The van der Waals surface area contributed by atoms with Gasteiger partial charge in [0.25, 0.3) is 0 Å². The van der Waals surface area contributed by atoms with Gasteiger partial charge in [0.05, 0.1) is 12.3 Å². The van der Waals surface area contributed by atoms with Crippen LogP contribution in [0.25, 0.3) is 0 Å². The SMILES string of the molecule is O=C(Cc1noc(C2CC(=O)N(Cc3ccccc3)C2)n1)NCCc1ccccc1. The highest BCUT2D eigenvalue weighted by Crippen LogP contribution is 2.28. The molecule has 2 amide bonds. The molecule has 0 radical (unpaired) electrons. The Kier molecular flexibility index (Phi) is 6.17. The molecule has 7 nitrogen and oxygen atoms in total. The molecule has 0 spiro atoms. The minimum absolute atomic E-state index is 0.0622. The molecule has 2 aromatic carbocycles. The Bertz CT molecular complexity index is 988. The van der Waals surface area contributed by atoms with E-state index in [1.807, 2.05) is 60.7 Å². The molecule has 0 bridgehead atoms. The number of nitrogens with zero attached hydrogens (tertiary/aromatic N) is 3. The Morgan fingerprint density at radius 3 is 2.50 bits per heavy atom. The van der Waals surface area contributed by atoms with Crippen LogP contribution in [0.1, 0.15) is 35.2 Å². The van der Waals surface area contributed by atoms with Crippen LogP contribution in [0.2, 0.25) is 0 Å². The Hall–Kier alpha value is -3.48. The lowest BCUT2D eigenvalue weighted by molar-refractivity contribution is -0.128. The van der Waals surface area contributed by atoms with Gasteiger partial charge in [0.15, 0.2) is 5.82 Å². The molecule has 1 unspecified atom stereocenters. The van der Waals surface area contributed by atoms with E-state index in [1.165, 1.54) is 5.56 Å². The van der Waals surface area contributed by atoms with Gasteiger partial charge in [0.2, 0.25) is 17.7 Å². The van der Waals surface area contributed by atoms with Crippen LogP contribution in [0, 0.1) is 0 Å². The second-order valence-electron chi connectivity index (χ2n) is 7.47. The number of nitrogens with one attached hydrogen (secondary N) is 1. The second kappa shape index (κ2) is 9.35. The first-order chi connectivity index (χ1) is 14.7. The topological polar surface area (TPSA) is 88.3 Å². The lowest BCUT2D eigenvalue weighted by Crippen LogP contribution is -2.27. The third-order valence-electron chi connectivity index (χ3n) is 5.16. The number of hydrogen-bond donors (Lipinski definition) is 1. The van der Waals surface area contributed by atoms with Crippen molar-refractivity contribution in [1.29, 1.82) is 0 Å². The van der Waals surface area contributed by atoms with E-state index in [2.05, 4.69) is 15.5 Å². The summed E-state index contributed by atoms with van der Waals surface area (Å²) in [4.78, 5) is 30.7. The van der Waals surface area contributed by atoms with E-state index in [0.29, 0.717) is 37.8 Å². The van der Waals surface area contributed by atoms with Gasteiger partial charge in [0.1, 0.15) is 0 Å². The summed E-state index contributed by atoms with van der Waals surface area (Å²) in [6, 6.07) is 19.9. The van der Waals surface area contributed by atoms with Crippen molar-refractivity contribution < 1.29 is 14.1 Å². The fraction of sp³-hybridized carbons (Fsp3) is 0.304. The third-order valence-corrected chi connectivity index (χ3v) is 5.16. The monoisotopic (exact) mass is 404 g/mol. The number of amides is 2. The molecule has 4 rings (SSSR count). The molecule has 2 heterocycles. The molecule has 1 atom stereocenters. The van der Waals surface area contributed by atoms with Crippen molar-refractivity contribution >= 4 is 11.8 Å². The van der Waals surface area contributed by atoms with E-state index < -0.39 is 0 Å². The van der Waals surface area contributed by atoms with E-state index in [-0.39, 0.29) is 24.2 Å². The van der Waals surface area contributed by atoms with Crippen molar-refractivity contribution in [3.8, 4) is 0 Å². The average Bonchev–Trinajstić information content (AvgIpc) is 3.36. The van der Waals surface area contributed by atoms with Gasteiger partial charge in [0, 0.05) is 26.1 Å². The molecule has 1 saturated heterocycles. The zero-order valence-electron chi connectivity index (χ0n) is 16.7. The van der Waals surface area contributed by atoms with Crippen LogP contribution in [0.3, 0.4) is 0 Å². The zero-order chi connectivity index (χ0) is 20.8. The molecule has 0 saturated carbocycles. The van der Waals surface area contributed by atoms with Gasteiger partial charge >= 0.3 is 0 Å². The highest BCUT2D eigenvalue weighted by Gasteiger charge is 2.34. The zero-order valence-corrected chi connectivity index (χ0v) is 16.7. The fourth-order valence-electron chi connectivity index (χ4n) is 3.60.